The molecule has 1 aromatic heterocycles. The minimum Gasteiger partial charge on any atom is -0.495 e. The SMILES string of the molecule is COc1ccc(NCC2CCNCC2)nc1.Cl.Cl.Cl. The molecule has 1 aliphatic heterocycles. The van der Waals surface area contributed by atoms with Crippen LogP contribution in [0.5, 0.6) is 5.75 Å². The molecule has 0 aromatic carbocycles. The van der Waals surface area contributed by atoms with Gasteiger partial charge in [-0.25, -0.2) is 4.98 Å². The molecule has 0 unspecified atom stereocenters. The predicted molar refractivity (Wildman–Crippen MR) is 86.6 cm³/mol. The van der Waals surface area contributed by atoms with Crippen LogP contribution < -0.4 is 15.4 Å². The fourth-order valence-electron chi connectivity index (χ4n) is 1.94. The highest BCUT2D eigenvalue weighted by Crippen LogP contribution is 2.14. The fraction of sp³-hybridized carbons (Fsp3) is 0.583. The standard InChI is InChI=1S/C12H19N3O.3ClH/c1-16-11-2-3-12(15-9-11)14-8-10-4-6-13-7-5-10;;;/h2-3,9-10,13H,4-8H2,1H3,(H,14,15);3*1H. The van der Waals surface area contributed by atoms with Gasteiger partial charge in [0.15, 0.2) is 0 Å². The van der Waals surface area contributed by atoms with Crippen LogP contribution >= 0.6 is 37.2 Å². The maximum absolute atomic E-state index is 5.07. The van der Waals surface area contributed by atoms with Gasteiger partial charge in [-0.2, -0.15) is 0 Å². The molecule has 112 valence electrons. The van der Waals surface area contributed by atoms with Crippen molar-refractivity contribution in [2.45, 2.75) is 12.8 Å². The smallest absolute Gasteiger partial charge is 0.137 e. The summed E-state index contributed by atoms with van der Waals surface area (Å²) in [6.45, 7) is 3.30. The van der Waals surface area contributed by atoms with Crippen molar-refractivity contribution in [3.63, 3.8) is 0 Å². The number of methoxy groups -OCH3 is 1. The number of halogens is 3. The van der Waals surface area contributed by atoms with Crippen LogP contribution in [0, 0.1) is 5.92 Å². The fourth-order valence-corrected chi connectivity index (χ4v) is 1.94. The lowest BCUT2D eigenvalue weighted by Crippen LogP contribution is -2.31. The van der Waals surface area contributed by atoms with Crippen LogP contribution in [0.1, 0.15) is 12.8 Å². The predicted octanol–water partition coefficient (Wildman–Crippen LogP) is 2.77. The van der Waals surface area contributed by atoms with Crippen LogP contribution in [-0.4, -0.2) is 31.7 Å². The highest BCUT2D eigenvalue weighted by atomic mass is 35.5. The van der Waals surface area contributed by atoms with E-state index in [1.165, 1.54) is 12.8 Å². The Bertz CT molecular complexity index is 319. The first-order chi connectivity index (χ1) is 7.88. The third-order valence-corrected chi connectivity index (χ3v) is 3.00. The summed E-state index contributed by atoms with van der Waals surface area (Å²) in [7, 11) is 1.65. The van der Waals surface area contributed by atoms with Crippen LogP contribution in [-0.2, 0) is 0 Å². The van der Waals surface area contributed by atoms with Gasteiger partial charge in [0, 0.05) is 6.54 Å². The van der Waals surface area contributed by atoms with E-state index in [4.69, 9.17) is 4.74 Å². The molecule has 0 bridgehead atoms. The summed E-state index contributed by atoms with van der Waals surface area (Å²) in [4.78, 5) is 4.28. The maximum atomic E-state index is 5.07. The highest BCUT2D eigenvalue weighted by Gasteiger charge is 2.12. The second-order valence-electron chi connectivity index (χ2n) is 4.16. The van der Waals surface area contributed by atoms with Crippen molar-refractivity contribution in [1.82, 2.24) is 10.3 Å². The van der Waals surface area contributed by atoms with Crippen molar-refractivity contribution in [1.29, 1.82) is 0 Å². The summed E-state index contributed by atoms with van der Waals surface area (Å²) in [6.07, 6.45) is 4.25. The van der Waals surface area contributed by atoms with Crippen molar-refractivity contribution in [2.24, 2.45) is 5.92 Å². The van der Waals surface area contributed by atoms with E-state index in [1.807, 2.05) is 12.1 Å². The number of nitrogens with zero attached hydrogens (tertiary/aromatic N) is 1. The average Bonchev–Trinajstić information content (AvgIpc) is 2.38. The summed E-state index contributed by atoms with van der Waals surface area (Å²) in [5.74, 6) is 2.50. The number of rotatable bonds is 4. The minimum absolute atomic E-state index is 0. The molecular formula is C12H22Cl3N3O. The lowest BCUT2D eigenvalue weighted by molar-refractivity contribution is 0.389. The Morgan fingerprint density at radius 1 is 1.26 bits per heavy atom. The molecule has 0 aliphatic carbocycles. The van der Waals surface area contributed by atoms with Gasteiger partial charge in [0.05, 0.1) is 13.3 Å². The van der Waals surface area contributed by atoms with Crippen LogP contribution in [0.25, 0.3) is 0 Å². The van der Waals surface area contributed by atoms with E-state index in [-0.39, 0.29) is 37.2 Å². The number of anilines is 1. The lowest BCUT2D eigenvalue weighted by Gasteiger charge is -2.22. The van der Waals surface area contributed by atoms with E-state index in [1.54, 1.807) is 13.3 Å². The normalized spacial score (nSPS) is 14.4. The molecule has 1 fully saturated rings. The van der Waals surface area contributed by atoms with E-state index in [0.29, 0.717) is 0 Å². The number of aromatic nitrogens is 1. The number of nitrogens with one attached hydrogen (secondary N) is 2. The molecule has 0 atom stereocenters. The molecule has 2 N–H and O–H groups in total. The summed E-state index contributed by atoms with van der Waals surface area (Å²) in [6, 6.07) is 3.89. The monoisotopic (exact) mass is 329 g/mol. The zero-order valence-electron chi connectivity index (χ0n) is 10.9. The molecule has 1 aromatic rings. The first kappa shape index (κ1) is 20.9. The third kappa shape index (κ3) is 7.06. The van der Waals surface area contributed by atoms with Crippen molar-refractivity contribution in [3.05, 3.63) is 18.3 Å². The average molecular weight is 331 g/mol. The first-order valence-corrected chi connectivity index (χ1v) is 5.83. The van der Waals surface area contributed by atoms with E-state index < -0.39 is 0 Å². The zero-order chi connectivity index (χ0) is 11.2. The van der Waals surface area contributed by atoms with Gasteiger partial charge < -0.3 is 15.4 Å². The van der Waals surface area contributed by atoms with Crippen LogP contribution in [0.3, 0.4) is 0 Å². The van der Waals surface area contributed by atoms with Crippen LogP contribution in [0.2, 0.25) is 0 Å². The highest BCUT2D eigenvalue weighted by molar-refractivity contribution is 5.86. The molecule has 0 radical (unpaired) electrons. The van der Waals surface area contributed by atoms with Gasteiger partial charge in [-0.1, -0.05) is 0 Å². The molecule has 0 spiro atoms. The molecular weight excluding hydrogens is 309 g/mol. The second-order valence-corrected chi connectivity index (χ2v) is 4.16. The van der Waals surface area contributed by atoms with Gasteiger partial charge in [0.2, 0.25) is 0 Å². The van der Waals surface area contributed by atoms with Gasteiger partial charge in [0.25, 0.3) is 0 Å². The van der Waals surface area contributed by atoms with Gasteiger partial charge in [0.1, 0.15) is 11.6 Å². The lowest BCUT2D eigenvalue weighted by atomic mass is 9.98. The molecule has 0 saturated carbocycles. The summed E-state index contributed by atoms with van der Waals surface area (Å²) in [5.41, 5.74) is 0. The third-order valence-electron chi connectivity index (χ3n) is 3.00. The molecule has 0 amide bonds. The number of hydrogen-bond acceptors (Lipinski definition) is 4. The van der Waals surface area contributed by atoms with E-state index in [0.717, 1.165) is 37.1 Å². The van der Waals surface area contributed by atoms with Gasteiger partial charge in [-0.15, -0.1) is 37.2 Å². The Balaban J connectivity index is 0. The number of piperidine rings is 1. The number of ether oxygens (including phenoxy) is 1. The largest absolute Gasteiger partial charge is 0.495 e. The second kappa shape index (κ2) is 11.4. The Hall–Kier alpha value is -0.420. The Kier molecular flexibility index (Phi) is 12.5. The molecule has 2 heterocycles. The quantitative estimate of drug-likeness (QED) is 0.891. The Morgan fingerprint density at radius 2 is 1.95 bits per heavy atom. The maximum Gasteiger partial charge on any atom is 0.137 e. The topological polar surface area (TPSA) is 46.2 Å². The molecule has 19 heavy (non-hydrogen) atoms. The van der Waals surface area contributed by atoms with Crippen molar-refractivity contribution < 1.29 is 4.74 Å². The van der Waals surface area contributed by atoms with Crippen molar-refractivity contribution >= 4 is 43.0 Å². The number of hydrogen-bond donors (Lipinski definition) is 2. The minimum atomic E-state index is 0. The molecule has 4 nitrogen and oxygen atoms in total. The van der Waals surface area contributed by atoms with Crippen molar-refractivity contribution in [2.75, 3.05) is 32.1 Å². The van der Waals surface area contributed by atoms with Gasteiger partial charge in [-0.3, -0.25) is 0 Å². The molecule has 2 rings (SSSR count). The Labute approximate surface area is 133 Å². The van der Waals surface area contributed by atoms with Gasteiger partial charge in [-0.05, 0) is 44.0 Å². The van der Waals surface area contributed by atoms with E-state index in [9.17, 15) is 0 Å². The summed E-state index contributed by atoms with van der Waals surface area (Å²) < 4.78 is 5.07. The van der Waals surface area contributed by atoms with Crippen LogP contribution in [0.15, 0.2) is 18.3 Å². The van der Waals surface area contributed by atoms with E-state index >= 15 is 0 Å². The van der Waals surface area contributed by atoms with E-state index in [2.05, 4.69) is 15.6 Å². The number of pyridine rings is 1. The first-order valence-electron chi connectivity index (χ1n) is 5.83. The summed E-state index contributed by atoms with van der Waals surface area (Å²) in [5, 5.41) is 6.74. The summed E-state index contributed by atoms with van der Waals surface area (Å²) >= 11 is 0. The van der Waals surface area contributed by atoms with Crippen molar-refractivity contribution in [3.8, 4) is 5.75 Å². The molecule has 7 heteroatoms. The van der Waals surface area contributed by atoms with Gasteiger partial charge >= 0.3 is 0 Å². The molecule has 1 aliphatic rings. The molecule has 1 saturated heterocycles. The zero-order valence-corrected chi connectivity index (χ0v) is 13.4. The van der Waals surface area contributed by atoms with Crippen LogP contribution in [0.4, 0.5) is 5.82 Å². The Morgan fingerprint density at radius 3 is 2.47 bits per heavy atom.